The molecule has 0 aliphatic heterocycles. The van der Waals surface area contributed by atoms with Crippen molar-refractivity contribution < 1.29 is 9.90 Å². The zero-order valence-corrected chi connectivity index (χ0v) is 8.19. The summed E-state index contributed by atoms with van der Waals surface area (Å²) in [6.07, 6.45) is 4.19. The summed E-state index contributed by atoms with van der Waals surface area (Å²) in [6, 6.07) is 1.01. The Labute approximate surface area is 86.2 Å². The van der Waals surface area contributed by atoms with Gasteiger partial charge in [0, 0.05) is 12.0 Å². The number of H-pyrrole nitrogens is 1. The van der Waals surface area contributed by atoms with Crippen molar-refractivity contribution in [3.8, 4) is 0 Å². The molecular weight excluding hydrogens is 196 g/mol. The molecule has 0 bridgehead atoms. The van der Waals surface area contributed by atoms with E-state index in [2.05, 4.69) is 9.97 Å². The summed E-state index contributed by atoms with van der Waals surface area (Å²) in [5, 5.41) is 8.76. The van der Waals surface area contributed by atoms with Crippen LogP contribution in [0.1, 0.15) is 47.9 Å². The highest BCUT2D eigenvalue weighted by Gasteiger charge is 2.20. The highest BCUT2D eigenvalue weighted by Crippen LogP contribution is 2.31. The first-order valence-electron chi connectivity index (χ1n) is 5.01. The fraction of sp³-hybridized carbons (Fsp3) is 0.500. The average Bonchev–Trinajstić information content (AvgIpc) is 2.69. The minimum atomic E-state index is -1.15. The van der Waals surface area contributed by atoms with E-state index in [1.807, 2.05) is 0 Å². The van der Waals surface area contributed by atoms with Crippen LogP contribution in [-0.4, -0.2) is 21.0 Å². The maximum Gasteiger partial charge on any atom is 0.354 e. The standard InChI is InChI=1S/C10H12N2O3/c13-8-5-7(10(14)15)11-9(12-8)6-3-1-2-4-6/h5-6H,1-4H2,(H,14,15)(H,11,12,13). The van der Waals surface area contributed by atoms with Gasteiger partial charge in [-0.15, -0.1) is 0 Å². The molecule has 0 atom stereocenters. The van der Waals surface area contributed by atoms with E-state index in [0.717, 1.165) is 31.7 Å². The van der Waals surface area contributed by atoms with Crippen LogP contribution in [0.4, 0.5) is 0 Å². The van der Waals surface area contributed by atoms with Crippen LogP contribution in [0.3, 0.4) is 0 Å². The van der Waals surface area contributed by atoms with Gasteiger partial charge in [-0.25, -0.2) is 9.78 Å². The minimum absolute atomic E-state index is 0.166. The van der Waals surface area contributed by atoms with E-state index < -0.39 is 5.97 Å². The van der Waals surface area contributed by atoms with E-state index in [4.69, 9.17) is 5.11 Å². The molecule has 2 N–H and O–H groups in total. The van der Waals surface area contributed by atoms with Crippen LogP contribution in [0.15, 0.2) is 10.9 Å². The third-order valence-electron chi connectivity index (χ3n) is 2.72. The van der Waals surface area contributed by atoms with Gasteiger partial charge in [-0.1, -0.05) is 12.8 Å². The van der Waals surface area contributed by atoms with Crippen molar-refractivity contribution in [3.05, 3.63) is 27.9 Å². The van der Waals surface area contributed by atoms with Crippen LogP contribution in [-0.2, 0) is 0 Å². The first-order chi connectivity index (χ1) is 7.16. The summed E-state index contributed by atoms with van der Waals surface area (Å²) in [4.78, 5) is 28.5. The molecule has 0 aromatic carbocycles. The van der Waals surface area contributed by atoms with Gasteiger partial charge in [0.1, 0.15) is 5.82 Å². The summed E-state index contributed by atoms with van der Waals surface area (Å²) >= 11 is 0. The van der Waals surface area contributed by atoms with E-state index in [1.165, 1.54) is 0 Å². The second kappa shape index (κ2) is 3.84. The second-order valence-corrected chi connectivity index (χ2v) is 3.80. The van der Waals surface area contributed by atoms with Gasteiger partial charge in [-0.3, -0.25) is 4.79 Å². The first kappa shape index (κ1) is 9.89. The summed E-state index contributed by atoms with van der Waals surface area (Å²) in [5.74, 6) is -0.408. The van der Waals surface area contributed by atoms with Crippen molar-refractivity contribution in [1.82, 2.24) is 9.97 Å². The smallest absolute Gasteiger partial charge is 0.354 e. The lowest BCUT2D eigenvalue weighted by Gasteiger charge is -2.07. The monoisotopic (exact) mass is 208 g/mol. The molecule has 1 heterocycles. The van der Waals surface area contributed by atoms with Crippen LogP contribution in [0.2, 0.25) is 0 Å². The van der Waals surface area contributed by atoms with Gasteiger partial charge in [0.15, 0.2) is 5.69 Å². The van der Waals surface area contributed by atoms with Crippen LogP contribution in [0, 0.1) is 0 Å². The van der Waals surface area contributed by atoms with E-state index in [-0.39, 0.29) is 17.2 Å². The van der Waals surface area contributed by atoms with Crippen LogP contribution < -0.4 is 5.56 Å². The number of nitrogens with zero attached hydrogens (tertiary/aromatic N) is 1. The number of carboxylic acid groups (broad SMARTS) is 1. The minimum Gasteiger partial charge on any atom is -0.477 e. The molecule has 1 aromatic heterocycles. The third-order valence-corrected chi connectivity index (χ3v) is 2.72. The normalized spacial score (nSPS) is 16.8. The molecule has 0 saturated heterocycles. The van der Waals surface area contributed by atoms with E-state index in [9.17, 15) is 9.59 Å². The second-order valence-electron chi connectivity index (χ2n) is 3.80. The van der Waals surface area contributed by atoms with Gasteiger partial charge in [0.25, 0.3) is 5.56 Å². The quantitative estimate of drug-likeness (QED) is 0.763. The van der Waals surface area contributed by atoms with Gasteiger partial charge in [-0.2, -0.15) is 0 Å². The molecule has 0 spiro atoms. The number of carbonyl (C=O) groups is 1. The maximum atomic E-state index is 11.2. The van der Waals surface area contributed by atoms with Gasteiger partial charge < -0.3 is 10.1 Å². The lowest BCUT2D eigenvalue weighted by Crippen LogP contribution is -2.17. The molecule has 15 heavy (non-hydrogen) atoms. The summed E-state index contributed by atoms with van der Waals surface area (Å²) in [5.41, 5.74) is -0.551. The fourth-order valence-electron chi connectivity index (χ4n) is 1.98. The number of rotatable bonds is 2. The number of carboxylic acids is 1. The lowest BCUT2D eigenvalue weighted by molar-refractivity contribution is 0.0689. The van der Waals surface area contributed by atoms with Crippen LogP contribution in [0.5, 0.6) is 0 Å². The van der Waals surface area contributed by atoms with Crippen LogP contribution in [0.25, 0.3) is 0 Å². The molecule has 80 valence electrons. The molecule has 2 rings (SSSR count). The molecule has 5 nitrogen and oxygen atoms in total. The average molecular weight is 208 g/mol. The number of hydrogen-bond donors (Lipinski definition) is 2. The van der Waals surface area contributed by atoms with Gasteiger partial charge in [-0.05, 0) is 12.8 Å². The summed E-state index contributed by atoms with van der Waals surface area (Å²) < 4.78 is 0. The summed E-state index contributed by atoms with van der Waals surface area (Å²) in [6.45, 7) is 0. The van der Waals surface area contributed by atoms with Gasteiger partial charge >= 0.3 is 5.97 Å². The number of aromatic carboxylic acids is 1. The zero-order chi connectivity index (χ0) is 10.8. The number of aromatic amines is 1. The molecule has 1 aromatic rings. The van der Waals surface area contributed by atoms with Crippen molar-refractivity contribution in [3.63, 3.8) is 0 Å². The third kappa shape index (κ3) is 2.06. The largest absolute Gasteiger partial charge is 0.477 e. The van der Waals surface area contributed by atoms with Crippen LogP contribution >= 0.6 is 0 Å². The Morgan fingerprint density at radius 1 is 1.47 bits per heavy atom. The van der Waals surface area contributed by atoms with Crippen molar-refractivity contribution in [2.45, 2.75) is 31.6 Å². The van der Waals surface area contributed by atoms with E-state index in [0.29, 0.717) is 5.82 Å². The topological polar surface area (TPSA) is 83.0 Å². The predicted molar refractivity (Wildman–Crippen MR) is 53.0 cm³/mol. The molecule has 0 radical (unpaired) electrons. The highest BCUT2D eigenvalue weighted by molar-refractivity contribution is 5.85. The Morgan fingerprint density at radius 2 is 2.13 bits per heavy atom. The van der Waals surface area contributed by atoms with Gasteiger partial charge in [0.05, 0.1) is 0 Å². The molecule has 0 unspecified atom stereocenters. The van der Waals surface area contributed by atoms with E-state index >= 15 is 0 Å². The number of nitrogens with one attached hydrogen (secondary N) is 1. The molecule has 0 amide bonds. The SMILES string of the molecule is O=C(O)c1cc(=O)[nH]c(C2CCCC2)n1. The Kier molecular flexibility index (Phi) is 2.53. The van der Waals surface area contributed by atoms with E-state index in [1.54, 1.807) is 0 Å². The van der Waals surface area contributed by atoms with Crippen molar-refractivity contribution in [2.75, 3.05) is 0 Å². The summed E-state index contributed by atoms with van der Waals surface area (Å²) in [7, 11) is 0. The lowest BCUT2D eigenvalue weighted by atomic mass is 10.1. The fourth-order valence-corrected chi connectivity index (χ4v) is 1.98. The van der Waals surface area contributed by atoms with Crippen molar-refractivity contribution >= 4 is 5.97 Å². The Balaban J connectivity index is 2.38. The van der Waals surface area contributed by atoms with Crippen molar-refractivity contribution in [2.24, 2.45) is 0 Å². The Morgan fingerprint density at radius 3 is 2.73 bits per heavy atom. The molecular formula is C10H12N2O3. The molecule has 1 aliphatic carbocycles. The number of hydrogen-bond acceptors (Lipinski definition) is 3. The Bertz CT molecular complexity index is 433. The zero-order valence-electron chi connectivity index (χ0n) is 8.19. The molecule has 1 fully saturated rings. The maximum absolute atomic E-state index is 11.2. The number of aromatic nitrogens is 2. The molecule has 1 saturated carbocycles. The molecule has 1 aliphatic rings. The molecule has 5 heteroatoms. The van der Waals surface area contributed by atoms with Gasteiger partial charge in [0.2, 0.25) is 0 Å². The van der Waals surface area contributed by atoms with Crippen molar-refractivity contribution in [1.29, 1.82) is 0 Å². The predicted octanol–water partition coefficient (Wildman–Crippen LogP) is 1.13. The Hall–Kier alpha value is -1.65. The highest BCUT2D eigenvalue weighted by atomic mass is 16.4. The first-order valence-corrected chi connectivity index (χ1v) is 5.01.